The molecule has 3 rings (SSSR count). The second-order valence-electron chi connectivity index (χ2n) is 5.52. The molecular formula is C18H19N3O2S2. The molecule has 130 valence electrons. The number of carbonyl (C=O) groups is 1. The minimum absolute atomic E-state index is 0.0349. The number of hydrogen-bond acceptors (Lipinski definition) is 6. The van der Waals surface area contributed by atoms with E-state index in [1.54, 1.807) is 24.8 Å². The first-order valence-electron chi connectivity index (χ1n) is 7.82. The van der Waals surface area contributed by atoms with Crippen molar-refractivity contribution < 1.29 is 9.53 Å². The van der Waals surface area contributed by atoms with Crippen LogP contribution in [0.2, 0.25) is 0 Å². The van der Waals surface area contributed by atoms with Crippen LogP contribution < -0.4 is 10.1 Å². The summed E-state index contributed by atoms with van der Waals surface area (Å²) in [5.41, 5.74) is 2.15. The van der Waals surface area contributed by atoms with Crippen LogP contribution in [-0.4, -0.2) is 28.7 Å². The Bertz CT molecular complexity index is 908. The van der Waals surface area contributed by atoms with E-state index in [-0.39, 0.29) is 5.91 Å². The summed E-state index contributed by atoms with van der Waals surface area (Å²) >= 11 is 3.10. The van der Waals surface area contributed by atoms with E-state index in [9.17, 15) is 4.79 Å². The number of fused-ring (bicyclic) bond motifs is 1. The molecule has 0 radical (unpaired) electrons. The van der Waals surface area contributed by atoms with Gasteiger partial charge in [-0.25, -0.2) is 9.97 Å². The van der Waals surface area contributed by atoms with Crippen LogP contribution in [0.5, 0.6) is 5.75 Å². The zero-order chi connectivity index (χ0) is 17.8. The third kappa shape index (κ3) is 3.93. The van der Waals surface area contributed by atoms with E-state index in [1.165, 1.54) is 22.2 Å². The largest absolute Gasteiger partial charge is 0.496 e. The average Bonchev–Trinajstić information content (AvgIpc) is 2.93. The second kappa shape index (κ2) is 7.84. The Balaban J connectivity index is 1.63. The van der Waals surface area contributed by atoms with Crippen LogP contribution in [0.15, 0.2) is 35.6 Å². The van der Waals surface area contributed by atoms with E-state index in [1.807, 2.05) is 24.3 Å². The molecule has 0 spiro atoms. The fraction of sp³-hybridized carbons (Fsp3) is 0.278. The van der Waals surface area contributed by atoms with Gasteiger partial charge < -0.3 is 10.1 Å². The van der Waals surface area contributed by atoms with E-state index in [2.05, 4.69) is 29.1 Å². The fourth-order valence-electron chi connectivity index (χ4n) is 2.49. The van der Waals surface area contributed by atoms with Gasteiger partial charge in [-0.05, 0) is 25.5 Å². The van der Waals surface area contributed by atoms with Crippen molar-refractivity contribution in [2.75, 3.05) is 12.9 Å². The van der Waals surface area contributed by atoms with Gasteiger partial charge in [0.05, 0.1) is 12.9 Å². The Morgan fingerprint density at radius 2 is 2.08 bits per heavy atom. The van der Waals surface area contributed by atoms with Gasteiger partial charge in [-0.15, -0.1) is 11.3 Å². The average molecular weight is 374 g/mol. The fourth-order valence-corrected chi connectivity index (χ4v) is 4.43. The van der Waals surface area contributed by atoms with Gasteiger partial charge in [0, 0.05) is 22.4 Å². The lowest BCUT2D eigenvalue weighted by atomic mass is 10.2. The molecule has 0 aliphatic carbocycles. The van der Waals surface area contributed by atoms with Crippen LogP contribution >= 0.6 is 23.1 Å². The molecule has 1 aromatic carbocycles. The summed E-state index contributed by atoms with van der Waals surface area (Å²) in [4.78, 5) is 23.1. The van der Waals surface area contributed by atoms with Crippen LogP contribution in [0, 0.1) is 13.8 Å². The standard InChI is InChI=1S/C18H19N3O2S2/c1-11-12(2)25-18-16(11)17(20-10-21-18)24-9-15(22)19-8-13-6-4-5-7-14(13)23-3/h4-7,10H,8-9H2,1-3H3,(H,19,22). The van der Waals surface area contributed by atoms with Crippen LogP contribution in [-0.2, 0) is 11.3 Å². The van der Waals surface area contributed by atoms with Crippen molar-refractivity contribution in [2.24, 2.45) is 0 Å². The number of benzene rings is 1. The number of para-hydroxylation sites is 1. The van der Waals surface area contributed by atoms with Gasteiger partial charge in [0.1, 0.15) is 21.9 Å². The molecule has 2 aromatic heterocycles. The van der Waals surface area contributed by atoms with Crippen LogP contribution in [0.1, 0.15) is 16.0 Å². The molecule has 2 heterocycles. The number of nitrogens with zero attached hydrogens (tertiary/aromatic N) is 2. The first-order chi connectivity index (χ1) is 12.1. The number of amides is 1. The summed E-state index contributed by atoms with van der Waals surface area (Å²) < 4.78 is 5.30. The summed E-state index contributed by atoms with van der Waals surface area (Å²) in [6.07, 6.45) is 1.56. The smallest absolute Gasteiger partial charge is 0.230 e. The zero-order valence-electron chi connectivity index (χ0n) is 14.3. The van der Waals surface area contributed by atoms with Gasteiger partial charge in [0.2, 0.25) is 5.91 Å². The van der Waals surface area contributed by atoms with Gasteiger partial charge in [0.25, 0.3) is 0 Å². The highest BCUT2D eigenvalue weighted by molar-refractivity contribution is 8.00. The number of methoxy groups -OCH3 is 1. The monoisotopic (exact) mass is 373 g/mol. The lowest BCUT2D eigenvalue weighted by Gasteiger charge is -2.09. The van der Waals surface area contributed by atoms with Crippen LogP contribution in [0.25, 0.3) is 10.2 Å². The minimum Gasteiger partial charge on any atom is -0.496 e. The molecule has 0 saturated heterocycles. The highest BCUT2D eigenvalue weighted by Gasteiger charge is 2.13. The Labute approximate surface area is 154 Å². The highest BCUT2D eigenvalue weighted by Crippen LogP contribution is 2.34. The van der Waals surface area contributed by atoms with Crippen LogP contribution in [0.4, 0.5) is 0 Å². The van der Waals surface area contributed by atoms with Crippen molar-refractivity contribution in [2.45, 2.75) is 25.4 Å². The van der Waals surface area contributed by atoms with E-state index >= 15 is 0 Å². The molecule has 1 amide bonds. The Morgan fingerprint density at radius 3 is 2.88 bits per heavy atom. The maximum atomic E-state index is 12.2. The van der Waals surface area contributed by atoms with Gasteiger partial charge in [-0.1, -0.05) is 30.0 Å². The number of ether oxygens (including phenoxy) is 1. The lowest BCUT2D eigenvalue weighted by molar-refractivity contribution is -0.118. The molecule has 0 aliphatic rings. The number of thioether (sulfide) groups is 1. The second-order valence-corrected chi connectivity index (χ2v) is 7.69. The molecule has 5 nitrogen and oxygen atoms in total. The summed E-state index contributed by atoms with van der Waals surface area (Å²) in [6.45, 7) is 4.60. The van der Waals surface area contributed by atoms with Gasteiger partial charge in [0.15, 0.2) is 0 Å². The number of thiophene rings is 1. The van der Waals surface area contributed by atoms with Crippen molar-refractivity contribution in [3.05, 3.63) is 46.6 Å². The summed E-state index contributed by atoms with van der Waals surface area (Å²) in [5.74, 6) is 1.06. The van der Waals surface area contributed by atoms with E-state index in [0.29, 0.717) is 12.3 Å². The van der Waals surface area contributed by atoms with Gasteiger partial charge in [-0.2, -0.15) is 0 Å². The van der Waals surface area contributed by atoms with Crippen molar-refractivity contribution in [3.8, 4) is 5.75 Å². The number of hydrogen-bond donors (Lipinski definition) is 1. The van der Waals surface area contributed by atoms with Crippen molar-refractivity contribution in [1.29, 1.82) is 0 Å². The molecule has 0 fully saturated rings. The summed E-state index contributed by atoms with van der Waals surface area (Å²) in [7, 11) is 1.63. The van der Waals surface area contributed by atoms with Gasteiger partial charge in [-0.3, -0.25) is 4.79 Å². The summed E-state index contributed by atoms with van der Waals surface area (Å²) in [6, 6.07) is 7.66. The maximum absolute atomic E-state index is 12.2. The van der Waals surface area contributed by atoms with Crippen LogP contribution in [0.3, 0.4) is 0 Å². The number of aryl methyl sites for hydroxylation is 2. The van der Waals surface area contributed by atoms with E-state index < -0.39 is 0 Å². The molecular weight excluding hydrogens is 354 g/mol. The summed E-state index contributed by atoms with van der Waals surface area (Å²) in [5, 5.41) is 4.85. The number of carbonyl (C=O) groups excluding carboxylic acids is 1. The third-order valence-electron chi connectivity index (χ3n) is 3.94. The normalized spacial score (nSPS) is 10.8. The molecule has 0 aliphatic heterocycles. The molecule has 3 aromatic rings. The first kappa shape index (κ1) is 17.7. The molecule has 0 bridgehead atoms. The topological polar surface area (TPSA) is 64.1 Å². The first-order valence-corrected chi connectivity index (χ1v) is 9.62. The molecule has 0 unspecified atom stereocenters. The van der Waals surface area contributed by atoms with Crippen molar-refractivity contribution in [1.82, 2.24) is 15.3 Å². The number of rotatable bonds is 6. The van der Waals surface area contributed by atoms with Crippen molar-refractivity contribution in [3.63, 3.8) is 0 Å². The van der Waals surface area contributed by atoms with E-state index in [4.69, 9.17) is 4.74 Å². The van der Waals surface area contributed by atoms with E-state index in [0.717, 1.165) is 26.6 Å². The Kier molecular flexibility index (Phi) is 5.55. The third-order valence-corrected chi connectivity index (χ3v) is 6.04. The highest BCUT2D eigenvalue weighted by atomic mass is 32.2. The zero-order valence-corrected chi connectivity index (χ0v) is 16.0. The van der Waals surface area contributed by atoms with Gasteiger partial charge >= 0.3 is 0 Å². The minimum atomic E-state index is -0.0349. The molecule has 0 saturated carbocycles. The maximum Gasteiger partial charge on any atom is 0.230 e. The predicted molar refractivity (Wildman–Crippen MR) is 102 cm³/mol. The molecule has 25 heavy (non-hydrogen) atoms. The number of nitrogens with one attached hydrogen (secondary N) is 1. The Hall–Kier alpha value is -2.12. The SMILES string of the molecule is COc1ccccc1CNC(=O)CSc1ncnc2sc(C)c(C)c12. The quantitative estimate of drug-likeness (QED) is 0.527. The molecule has 0 atom stereocenters. The lowest BCUT2D eigenvalue weighted by Crippen LogP contribution is -2.24. The van der Waals surface area contributed by atoms with Crippen molar-refractivity contribution >= 4 is 39.2 Å². The molecule has 7 heteroatoms. The number of aromatic nitrogens is 2. The Morgan fingerprint density at radius 1 is 1.28 bits per heavy atom. The predicted octanol–water partition coefficient (Wildman–Crippen LogP) is 3.73. The molecule has 1 N–H and O–H groups in total.